The number of nitrogens with one attached hydrogen (secondary N) is 2. The fourth-order valence-corrected chi connectivity index (χ4v) is 4.12. The molecule has 4 rings (SSSR count). The number of benzene rings is 2. The molecule has 1 saturated heterocycles. The molecule has 33 heavy (non-hydrogen) atoms. The minimum atomic E-state index is -0.204. The van der Waals surface area contributed by atoms with E-state index in [9.17, 15) is 14.4 Å². The quantitative estimate of drug-likeness (QED) is 0.496. The summed E-state index contributed by atoms with van der Waals surface area (Å²) in [5.74, 6) is -0.0110. The van der Waals surface area contributed by atoms with Gasteiger partial charge in [0.25, 0.3) is 5.91 Å². The predicted molar refractivity (Wildman–Crippen MR) is 126 cm³/mol. The minimum Gasteiger partial charge on any atom is -0.348 e. The van der Waals surface area contributed by atoms with E-state index in [2.05, 4.69) is 20.8 Å². The van der Waals surface area contributed by atoms with E-state index in [1.165, 1.54) is 11.8 Å². The highest BCUT2D eigenvalue weighted by Crippen LogP contribution is 2.21. The van der Waals surface area contributed by atoms with Crippen LogP contribution in [0.1, 0.15) is 28.8 Å². The van der Waals surface area contributed by atoms with Crippen molar-refractivity contribution in [3.8, 4) is 0 Å². The maximum Gasteiger partial charge on any atom is 0.251 e. The van der Waals surface area contributed by atoms with Crippen molar-refractivity contribution in [3.63, 3.8) is 0 Å². The number of hydrogen-bond donors (Lipinski definition) is 2. The normalized spacial score (nSPS) is 13.2. The molecule has 0 spiro atoms. The van der Waals surface area contributed by atoms with Crippen molar-refractivity contribution < 1.29 is 14.4 Å². The second kappa shape index (κ2) is 10.3. The molecule has 0 aliphatic carbocycles. The maximum absolute atomic E-state index is 12.5. The van der Waals surface area contributed by atoms with Crippen LogP contribution in [0.5, 0.6) is 0 Å². The van der Waals surface area contributed by atoms with Crippen molar-refractivity contribution >= 4 is 40.9 Å². The van der Waals surface area contributed by atoms with Crippen LogP contribution in [-0.4, -0.2) is 44.8 Å². The molecule has 2 N–H and O–H groups in total. The summed E-state index contributed by atoms with van der Waals surface area (Å²) in [6.07, 6.45) is 3.07. The average molecular weight is 465 g/mol. The van der Waals surface area contributed by atoms with E-state index in [-0.39, 0.29) is 23.5 Å². The van der Waals surface area contributed by atoms with Crippen molar-refractivity contribution in [1.29, 1.82) is 0 Å². The molecule has 10 heteroatoms. The zero-order chi connectivity index (χ0) is 23.2. The van der Waals surface area contributed by atoms with Gasteiger partial charge in [-0.3, -0.25) is 14.4 Å². The van der Waals surface area contributed by atoms with Gasteiger partial charge in [0, 0.05) is 43.5 Å². The molecule has 0 unspecified atom stereocenters. The highest BCUT2D eigenvalue weighted by Gasteiger charge is 2.21. The van der Waals surface area contributed by atoms with Crippen LogP contribution in [0.2, 0.25) is 0 Å². The van der Waals surface area contributed by atoms with E-state index in [1.807, 2.05) is 31.3 Å². The van der Waals surface area contributed by atoms with Gasteiger partial charge in [-0.2, -0.15) is 0 Å². The van der Waals surface area contributed by atoms with Crippen LogP contribution < -0.4 is 15.5 Å². The number of thioether (sulfide) groups is 1. The van der Waals surface area contributed by atoms with Gasteiger partial charge in [-0.15, -0.1) is 10.2 Å². The van der Waals surface area contributed by atoms with E-state index < -0.39 is 0 Å². The highest BCUT2D eigenvalue weighted by atomic mass is 32.2. The number of carbonyl (C=O) groups is 3. The molecule has 2 heterocycles. The first-order chi connectivity index (χ1) is 16.0. The Balaban J connectivity index is 1.24. The molecule has 0 atom stereocenters. The molecule has 170 valence electrons. The molecular formula is C23H24N6O3S. The van der Waals surface area contributed by atoms with E-state index in [0.717, 1.165) is 24.2 Å². The second-order valence-electron chi connectivity index (χ2n) is 7.64. The number of rotatable bonds is 8. The molecule has 3 aromatic rings. The lowest BCUT2D eigenvalue weighted by atomic mass is 10.1. The fourth-order valence-electron chi connectivity index (χ4n) is 3.43. The van der Waals surface area contributed by atoms with Gasteiger partial charge in [-0.1, -0.05) is 23.9 Å². The third kappa shape index (κ3) is 5.78. The molecule has 0 saturated carbocycles. The first-order valence-corrected chi connectivity index (χ1v) is 11.5. The third-order valence-corrected chi connectivity index (χ3v) is 6.24. The Bertz CT molecular complexity index is 1140. The van der Waals surface area contributed by atoms with Gasteiger partial charge >= 0.3 is 0 Å². The fraction of sp³-hybridized carbons (Fsp3) is 0.261. The summed E-state index contributed by atoms with van der Waals surface area (Å²) in [5, 5.41) is 14.1. The van der Waals surface area contributed by atoms with Crippen molar-refractivity contribution in [1.82, 2.24) is 20.1 Å². The van der Waals surface area contributed by atoms with E-state index >= 15 is 0 Å². The summed E-state index contributed by atoms with van der Waals surface area (Å²) >= 11 is 1.30. The number of aromatic nitrogens is 3. The molecular weight excluding hydrogens is 440 g/mol. The summed E-state index contributed by atoms with van der Waals surface area (Å²) in [6.45, 7) is 1.14. The van der Waals surface area contributed by atoms with Gasteiger partial charge < -0.3 is 20.1 Å². The Hall–Kier alpha value is -3.66. The Kier molecular flexibility index (Phi) is 7.04. The van der Waals surface area contributed by atoms with Crippen molar-refractivity contribution in [2.24, 2.45) is 7.05 Å². The van der Waals surface area contributed by atoms with Gasteiger partial charge in [0.2, 0.25) is 11.8 Å². The summed E-state index contributed by atoms with van der Waals surface area (Å²) in [4.78, 5) is 38.2. The predicted octanol–water partition coefficient (Wildman–Crippen LogP) is 2.60. The third-order valence-electron chi connectivity index (χ3n) is 5.21. The molecule has 0 bridgehead atoms. The number of nitrogens with zero attached hydrogens (tertiary/aromatic N) is 4. The monoisotopic (exact) mass is 464 g/mol. The maximum atomic E-state index is 12.5. The van der Waals surface area contributed by atoms with Crippen LogP contribution in [-0.2, 0) is 23.2 Å². The number of amides is 3. The SMILES string of the molecule is Cn1cnnc1SCC(=O)Nc1ccc(C(=O)NCc2ccc(N3CCCC3=O)cc2)cc1. The van der Waals surface area contributed by atoms with Crippen molar-refractivity contribution in [2.45, 2.75) is 24.5 Å². The largest absolute Gasteiger partial charge is 0.348 e. The molecule has 1 fully saturated rings. The molecule has 1 aromatic heterocycles. The molecule has 9 nitrogen and oxygen atoms in total. The summed E-state index contributed by atoms with van der Waals surface area (Å²) < 4.78 is 1.74. The minimum absolute atomic E-state index is 0.153. The Morgan fingerprint density at radius 1 is 1.09 bits per heavy atom. The van der Waals surface area contributed by atoms with Crippen LogP contribution in [0, 0.1) is 0 Å². The van der Waals surface area contributed by atoms with Gasteiger partial charge in [-0.05, 0) is 48.4 Å². The first kappa shape index (κ1) is 22.5. The van der Waals surface area contributed by atoms with Gasteiger partial charge in [0.15, 0.2) is 5.16 Å². The Morgan fingerprint density at radius 2 is 1.85 bits per heavy atom. The first-order valence-electron chi connectivity index (χ1n) is 10.5. The summed E-state index contributed by atoms with van der Waals surface area (Å²) in [6, 6.07) is 14.4. The lowest BCUT2D eigenvalue weighted by molar-refractivity contribution is -0.117. The Morgan fingerprint density at radius 3 is 2.48 bits per heavy atom. The molecule has 1 aliphatic rings. The lowest BCUT2D eigenvalue weighted by Gasteiger charge is -2.16. The van der Waals surface area contributed by atoms with Crippen molar-refractivity contribution in [3.05, 3.63) is 66.0 Å². The summed E-state index contributed by atoms with van der Waals surface area (Å²) in [7, 11) is 1.82. The zero-order valence-electron chi connectivity index (χ0n) is 18.2. The van der Waals surface area contributed by atoms with Gasteiger partial charge in [-0.25, -0.2) is 0 Å². The topological polar surface area (TPSA) is 109 Å². The standard InChI is InChI=1S/C23H24N6O3S/c1-28-15-25-27-23(28)33-14-20(30)26-18-8-6-17(7-9-18)22(32)24-13-16-4-10-19(11-5-16)29-12-2-3-21(29)31/h4-11,15H,2-3,12-14H2,1H3,(H,24,32)(H,26,30). The van der Waals surface area contributed by atoms with Gasteiger partial charge in [0.05, 0.1) is 5.75 Å². The number of hydrogen-bond acceptors (Lipinski definition) is 6. The van der Waals surface area contributed by atoms with Crippen LogP contribution in [0.3, 0.4) is 0 Å². The van der Waals surface area contributed by atoms with Crippen LogP contribution >= 0.6 is 11.8 Å². The number of aryl methyl sites for hydroxylation is 1. The van der Waals surface area contributed by atoms with E-state index in [4.69, 9.17) is 0 Å². The van der Waals surface area contributed by atoms with Crippen LogP contribution in [0.15, 0.2) is 60.0 Å². The average Bonchev–Trinajstić information content (AvgIpc) is 3.44. The molecule has 1 aliphatic heterocycles. The van der Waals surface area contributed by atoms with Crippen molar-refractivity contribution in [2.75, 3.05) is 22.5 Å². The zero-order valence-corrected chi connectivity index (χ0v) is 19.0. The van der Waals surface area contributed by atoms with Crippen LogP contribution in [0.4, 0.5) is 11.4 Å². The summed E-state index contributed by atoms with van der Waals surface area (Å²) in [5.41, 5.74) is 2.95. The lowest BCUT2D eigenvalue weighted by Crippen LogP contribution is -2.24. The molecule has 3 amide bonds. The highest BCUT2D eigenvalue weighted by molar-refractivity contribution is 7.99. The smallest absolute Gasteiger partial charge is 0.251 e. The number of anilines is 2. The number of carbonyl (C=O) groups excluding carboxylic acids is 3. The second-order valence-corrected chi connectivity index (χ2v) is 8.58. The van der Waals surface area contributed by atoms with E-state index in [1.54, 1.807) is 40.1 Å². The molecule has 2 aromatic carbocycles. The Labute approximate surface area is 195 Å². The van der Waals surface area contributed by atoms with E-state index in [0.29, 0.717) is 29.4 Å². The van der Waals surface area contributed by atoms with Gasteiger partial charge in [0.1, 0.15) is 6.33 Å². The molecule has 0 radical (unpaired) electrons. The van der Waals surface area contributed by atoms with Crippen LogP contribution in [0.25, 0.3) is 0 Å².